The van der Waals surface area contributed by atoms with Gasteiger partial charge in [-0.05, 0) is 31.6 Å². The maximum absolute atomic E-state index is 13.4. The van der Waals surface area contributed by atoms with Crippen molar-refractivity contribution in [3.63, 3.8) is 0 Å². The number of carbonyl (C=O) groups is 2. The second kappa shape index (κ2) is 28.7. The number of ether oxygens (including phenoxy) is 5. The summed E-state index contributed by atoms with van der Waals surface area (Å²) in [6.45, 7) is 8.07. The second-order valence-electron chi connectivity index (χ2n) is 15.4. The van der Waals surface area contributed by atoms with E-state index in [9.17, 15) is 48.1 Å². The number of unbranched alkanes of at least 4 members (excludes halogenated alkanes) is 12. The topological polar surface area (TPSA) is 248 Å². The minimum Gasteiger partial charge on any atom is -0.726 e. The molecule has 0 saturated carbocycles. The summed E-state index contributed by atoms with van der Waals surface area (Å²) in [5.41, 5.74) is 0.196. The molecule has 0 spiro atoms. The van der Waals surface area contributed by atoms with E-state index in [-0.39, 0.29) is 47.5 Å². The maximum atomic E-state index is 13.4. The number of aliphatic hydroxyl groups is 5. The van der Waals surface area contributed by atoms with Crippen LogP contribution in [-0.4, -0.2) is 125 Å². The van der Waals surface area contributed by atoms with Crippen molar-refractivity contribution in [1.82, 2.24) is 0 Å². The van der Waals surface area contributed by atoms with Crippen molar-refractivity contribution in [2.24, 2.45) is 11.8 Å². The summed E-state index contributed by atoms with van der Waals surface area (Å²) in [5, 5.41) is 52.1. The minimum absolute atomic E-state index is 0. The van der Waals surface area contributed by atoms with Crippen LogP contribution in [0.15, 0.2) is 11.6 Å². The average Bonchev–Trinajstić information content (AvgIpc) is 3.14. The van der Waals surface area contributed by atoms with Gasteiger partial charge in [0.2, 0.25) is 16.7 Å². The third-order valence-electron chi connectivity index (χ3n) is 10.4. The van der Waals surface area contributed by atoms with Crippen molar-refractivity contribution in [1.29, 1.82) is 0 Å². The molecule has 0 unspecified atom stereocenters. The molecule has 16 nitrogen and oxygen atoms in total. The molecular formula is C39H69NaO16S. The summed E-state index contributed by atoms with van der Waals surface area (Å²) in [4.78, 5) is 26.7. The predicted octanol–water partition coefficient (Wildman–Crippen LogP) is 0.693. The van der Waals surface area contributed by atoms with Gasteiger partial charge in [-0.25, -0.2) is 13.2 Å². The van der Waals surface area contributed by atoms with Crippen LogP contribution in [0.25, 0.3) is 0 Å². The Bertz CT molecular complexity index is 1270. The SMILES string of the molecule is CCCCCCCCCCCCCCCC(=O)O[C@H]1[C@@H](O[C@H]2O[C@H](CO)[C@@H](O)[C@H](O)[C@H]2OS(=O)(=O)[O-])O[C@H](CO)[C@@H](O)[C@@H]1OC(=O)/C(C)=C/[C@@H](C)C[C@@H](C)CC.[Na+]. The average molecular weight is 849 g/mol. The standard InChI is InChI=1S/C39H70O16S.Na/c1-6-8-9-10-11-12-13-14-15-16-17-18-19-20-30(42)52-36-34(53-37(46)27(5)22-26(4)21-25(3)7-2)32(44)29(24-41)51-39(36)54-38-35(55-56(47,48)49)33(45)31(43)28(23-40)50-38;/h22,25-26,28-29,31-36,38-41,43-45H,6-21,23-24H2,1-5H3,(H,47,48,49);/q;+1/p-1/b27-22+;/t25-,26-,28+,29+,31+,32+,33-,34-,35+,36+,38+,39+;/m0./s1. The summed E-state index contributed by atoms with van der Waals surface area (Å²) in [5.74, 6) is -1.26. The van der Waals surface area contributed by atoms with E-state index < -0.39 is 97.0 Å². The number of hydrogen-bond acceptors (Lipinski definition) is 16. The predicted molar refractivity (Wildman–Crippen MR) is 202 cm³/mol. The van der Waals surface area contributed by atoms with Crippen molar-refractivity contribution in [3.8, 4) is 0 Å². The second-order valence-corrected chi connectivity index (χ2v) is 16.4. The van der Waals surface area contributed by atoms with Crippen LogP contribution in [0.5, 0.6) is 0 Å². The van der Waals surface area contributed by atoms with E-state index in [2.05, 4.69) is 25.0 Å². The van der Waals surface area contributed by atoms with Gasteiger partial charge >= 0.3 is 41.5 Å². The molecule has 57 heavy (non-hydrogen) atoms. The van der Waals surface area contributed by atoms with Crippen molar-refractivity contribution < 1.29 is 106 Å². The molecule has 2 saturated heterocycles. The fourth-order valence-electron chi connectivity index (χ4n) is 7.03. The van der Waals surface area contributed by atoms with Gasteiger partial charge in [0, 0.05) is 12.0 Å². The third kappa shape index (κ3) is 19.7. The largest absolute Gasteiger partial charge is 1.00 e. The Hall–Kier alpha value is -0.770. The monoisotopic (exact) mass is 848 g/mol. The van der Waals surface area contributed by atoms with E-state index in [1.165, 1.54) is 51.9 Å². The Balaban J connectivity index is 0.0000162. The Kier molecular flexibility index (Phi) is 27.3. The van der Waals surface area contributed by atoms with E-state index in [4.69, 9.17) is 23.7 Å². The van der Waals surface area contributed by atoms with Gasteiger partial charge in [-0.15, -0.1) is 0 Å². The zero-order valence-corrected chi connectivity index (χ0v) is 37.7. The molecular weight excluding hydrogens is 779 g/mol. The Labute approximate surface area is 361 Å². The Morgan fingerprint density at radius 1 is 0.737 bits per heavy atom. The number of esters is 2. The van der Waals surface area contributed by atoms with Gasteiger partial charge in [-0.3, -0.25) is 8.98 Å². The van der Waals surface area contributed by atoms with Crippen LogP contribution in [0.4, 0.5) is 0 Å². The van der Waals surface area contributed by atoms with Gasteiger partial charge < -0.3 is 53.8 Å². The van der Waals surface area contributed by atoms with Crippen molar-refractivity contribution in [2.45, 2.75) is 199 Å². The summed E-state index contributed by atoms with van der Waals surface area (Å²) in [6, 6.07) is 0. The molecule has 0 bridgehead atoms. The molecule has 0 aromatic rings. The van der Waals surface area contributed by atoms with E-state index >= 15 is 0 Å². The van der Waals surface area contributed by atoms with Crippen LogP contribution in [0.1, 0.15) is 137 Å². The van der Waals surface area contributed by atoms with Gasteiger partial charge in [0.25, 0.3) is 0 Å². The van der Waals surface area contributed by atoms with Gasteiger partial charge in [0.05, 0.1) is 13.2 Å². The van der Waals surface area contributed by atoms with Crippen LogP contribution < -0.4 is 29.6 Å². The van der Waals surface area contributed by atoms with Crippen LogP contribution in [0.2, 0.25) is 0 Å². The molecule has 0 aliphatic carbocycles. The van der Waals surface area contributed by atoms with E-state index in [1.54, 1.807) is 6.08 Å². The Morgan fingerprint density at radius 2 is 1.23 bits per heavy atom. The first-order chi connectivity index (χ1) is 26.6. The summed E-state index contributed by atoms with van der Waals surface area (Å²) >= 11 is 0. The van der Waals surface area contributed by atoms with Gasteiger partial charge in [0.15, 0.2) is 24.6 Å². The number of aliphatic hydroxyl groups excluding tert-OH is 5. The third-order valence-corrected chi connectivity index (χ3v) is 10.9. The van der Waals surface area contributed by atoms with Crippen molar-refractivity contribution in [2.75, 3.05) is 13.2 Å². The molecule has 2 aliphatic heterocycles. The van der Waals surface area contributed by atoms with E-state index in [1.807, 2.05) is 6.92 Å². The molecule has 12 atom stereocenters. The number of allylic oxidation sites excluding steroid dienone is 1. The number of rotatable bonds is 27. The molecule has 0 amide bonds. The molecule has 0 aromatic heterocycles. The molecule has 18 heteroatoms. The summed E-state index contributed by atoms with van der Waals surface area (Å²) in [6.07, 6.45) is -0.972. The zero-order valence-electron chi connectivity index (χ0n) is 34.9. The van der Waals surface area contributed by atoms with E-state index in [0.717, 1.165) is 44.9 Å². The molecule has 2 fully saturated rings. The van der Waals surface area contributed by atoms with Crippen molar-refractivity contribution in [3.05, 3.63) is 11.6 Å². The maximum Gasteiger partial charge on any atom is 1.00 e. The van der Waals surface area contributed by atoms with Gasteiger partial charge in [-0.1, -0.05) is 117 Å². The van der Waals surface area contributed by atoms with Crippen LogP contribution in [-0.2, 0) is 47.9 Å². The summed E-state index contributed by atoms with van der Waals surface area (Å²) < 4.78 is 67.6. The molecule has 0 radical (unpaired) electrons. The quantitative estimate of drug-likeness (QED) is 0.0191. The van der Waals surface area contributed by atoms with Crippen molar-refractivity contribution >= 4 is 22.3 Å². The number of hydrogen-bond donors (Lipinski definition) is 5. The van der Waals surface area contributed by atoms with Crippen LogP contribution in [0, 0.1) is 11.8 Å². The zero-order chi connectivity index (χ0) is 41.8. The molecule has 0 aromatic carbocycles. The van der Waals surface area contributed by atoms with Crippen LogP contribution >= 0.6 is 0 Å². The minimum atomic E-state index is -5.54. The molecule has 328 valence electrons. The smallest absolute Gasteiger partial charge is 0.726 e. The fourth-order valence-corrected chi connectivity index (χ4v) is 7.50. The molecule has 2 rings (SSSR count). The Morgan fingerprint density at radius 3 is 1.72 bits per heavy atom. The van der Waals surface area contributed by atoms with E-state index in [0.29, 0.717) is 12.3 Å². The van der Waals surface area contributed by atoms with Gasteiger partial charge in [0.1, 0.15) is 30.5 Å². The number of carbonyl (C=O) groups excluding carboxylic acids is 2. The summed E-state index contributed by atoms with van der Waals surface area (Å²) in [7, 11) is -5.54. The normalized spacial score (nSPS) is 29.3. The van der Waals surface area contributed by atoms with Gasteiger partial charge in [-0.2, -0.15) is 0 Å². The first kappa shape index (κ1) is 54.2. The molecule has 5 N–H and O–H groups in total. The molecule has 2 heterocycles. The first-order valence-electron chi connectivity index (χ1n) is 20.5. The first-order valence-corrected chi connectivity index (χ1v) is 21.8. The van der Waals surface area contributed by atoms with Crippen LogP contribution in [0.3, 0.4) is 0 Å². The molecule has 2 aliphatic rings. The fraction of sp³-hybridized carbons (Fsp3) is 0.897.